The van der Waals surface area contributed by atoms with Crippen LogP contribution in [0.1, 0.15) is 51.6 Å². The molecule has 3 atom stereocenters. The molecule has 110 valence electrons. The van der Waals surface area contributed by atoms with E-state index in [1.165, 1.54) is 5.56 Å². The summed E-state index contributed by atoms with van der Waals surface area (Å²) >= 11 is 0. The standard InChI is InChI=1S/C17H25NO2/c1-4-18-15-11-17(9-12(2)19-13(3)10-17)20-16-8-6-5-7-14(15)16/h5-8,12-13,15,18H,4,9-11H2,1-3H3. The molecule has 2 heterocycles. The maximum Gasteiger partial charge on any atom is 0.124 e. The number of rotatable bonds is 2. The van der Waals surface area contributed by atoms with Gasteiger partial charge in [-0.1, -0.05) is 25.1 Å². The van der Waals surface area contributed by atoms with Crippen molar-refractivity contribution in [3.63, 3.8) is 0 Å². The van der Waals surface area contributed by atoms with E-state index in [9.17, 15) is 0 Å². The summed E-state index contributed by atoms with van der Waals surface area (Å²) in [6, 6.07) is 8.84. The highest BCUT2D eigenvalue weighted by atomic mass is 16.5. The van der Waals surface area contributed by atoms with Crippen LogP contribution in [-0.2, 0) is 4.74 Å². The van der Waals surface area contributed by atoms with Gasteiger partial charge >= 0.3 is 0 Å². The van der Waals surface area contributed by atoms with E-state index in [0.29, 0.717) is 6.04 Å². The van der Waals surface area contributed by atoms with Crippen molar-refractivity contribution in [1.82, 2.24) is 5.32 Å². The first-order valence-electron chi connectivity index (χ1n) is 7.79. The van der Waals surface area contributed by atoms with E-state index in [0.717, 1.165) is 31.6 Å². The predicted molar refractivity (Wildman–Crippen MR) is 80.1 cm³/mol. The number of hydrogen-bond acceptors (Lipinski definition) is 3. The zero-order valence-corrected chi connectivity index (χ0v) is 12.7. The Labute approximate surface area is 121 Å². The van der Waals surface area contributed by atoms with Gasteiger partial charge in [0.1, 0.15) is 11.4 Å². The number of benzene rings is 1. The summed E-state index contributed by atoms with van der Waals surface area (Å²) in [5.74, 6) is 1.05. The van der Waals surface area contributed by atoms with Crippen LogP contribution >= 0.6 is 0 Å². The second-order valence-electron chi connectivity index (χ2n) is 6.30. The Morgan fingerprint density at radius 3 is 2.55 bits per heavy atom. The summed E-state index contributed by atoms with van der Waals surface area (Å²) in [5, 5.41) is 3.62. The van der Waals surface area contributed by atoms with Crippen molar-refractivity contribution in [2.75, 3.05) is 6.54 Å². The Morgan fingerprint density at radius 1 is 1.15 bits per heavy atom. The molecule has 2 aliphatic rings. The highest BCUT2D eigenvalue weighted by molar-refractivity contribution is 5.39. The van der Waals surface area contributed by atoms with Gasteiger partial charge in [0.25, 0.3) is 0 Å². The number of para-hydroxylation sites is 1. The fourth-order valence-electron chi connectivity index (χ4n) is 3.92. The quantitative estimate of drug-likeness (QED) is 0.897. The minimum Gasteiger partial charge on any atom is -0.487 e. The second kappa shape index (κ2) is 5.38. The van der Waals surface area contributed by atoms with Gasteiger partial charge < -0.3 is 14.8 Å². The van der Waals surface area contributed by atoms with Gasteiger partial charge in [-0.05, 0) is 26.5 Å². The van der Waals surface area contributed by atoms with Crippen LogP contribution in [0.15, 0.2) is 24.3 Å². The van der Waals surface area contributed by atoms with Gasteiger partial charge in [0.15, 0.2) is 0 Å². The van der Waals surface area contributed by atoms with Gasteiger partial charge in [0.05, 0.1) is 12.2 Å². The van der Waals surface area contributed by atoms with E-state index < -0.39 is 0 Å². The molecule has 3 unspecified atom stereocenters. The van der Waals surface area contributed by atoms with Crippen molar-refractivity contribution >= 4 is 0 Å². The van der Waals surface area contributed by atoms with E-state index in [-0.39, 0.29) is 17.8 Å². The lowest BCUT2D eigenvalue weighted by molar-refractivity contribution is -0.130. The molecular formula is C17H25NO2. The Morgan fingerprint density at radius 2 is 1.85 bits per heavy atom. The Kier molecular flexibility index (Phi) is 3.74. The molecule has 3 rings (SSSR count). The van der Waals surface area contributed by atoms with Gasteiger partial charge in [-0.3, -0.25) is 0 Å². The van der Waals surface area contributed by atoms with Gasteiger partial charge in [-0.15, -0.1) is 0 Å². The van der Waals surface area contributed by atoms with Crippen molar-refractivity contribution in [2.45, 2.75) is 63.9 Å². The molecule has 20 heavy (non-hydrogen) atoms. The minimum absolute atomic E-state index is 0.0712. The van der Waals surface area contributed by atoms with Crippen LogP contribution in [0.2, 0.25) is 0 Å². The lowest BCUT2D eigenvalue weighted by Crippen LogP contribution is -2.51. The molecule has 0 aliphatic carbocycles. The summed E-state index contributed by atoms with van der Waals surface area (Å²) in [4.78, 5) is 0. The van der Waals surface area contributed by atoms with Crippen LogP contribution in [0.5, 0.6) is 5.75 Å². The van der Waals surface area contributed by atoms with Gasteiger partial charge in [0.2, 0.25) is 0 Å². The number of ether oxygens (including phenoxy) is 2. The van der Waals surface area contributed by atoms with Crippen molar-refractivity contribution in [2.24, 2.45) is 0 Å². The van der Waals surface area contributed by atoms with Crippen LogP contribution in [0.3, 0.4) is 0 Å². The van der Waals surface area contributed by atoms with Crippen LogP contribution < -0.4 is 10.1 Å². The number of fused-ring (bicyclic) bond motifs is 1. The van der Waals surface area contributed by atoms with Crippen molar-refractivity contribution in [3.05, 3.63) is 29.8 Å². The predicted octanol–water partition coefficient (Wildman–Crippen LogP) is 3.45. The summed E-state index contributed by atoms with van der Waals surface area (Å²) < 4.78 is 12.4. The lowest BCUT2D eigenvalue weighted by Gasteiger charge is -2.48. The van der Waals surface area contributed by atoms with Crippen molar-refractivity contribution in [1.29, 1.82) is 0 Å². The Balaban J connectivity index is 1.92. The maximum absolute atomic E-state index is 6.46. The highest BCUT2D eigenvalue weighted by Gasteiger charge is 2.45. The molecule has 1 aromatic carbocycles. The van der Waals surface area contributed by atoms with Gasteiger partial charge in [-0.2, -0.15) is 0 Å². The Hall–Kier alpha value is -1.06. The molecule has 1 spiro atoms. The third-order valence-corrected chi connectivity index (χ3v) is 4.43. The maximum atomic E-state index is 6.46. The van der Waals surface area contributed by atoms with Crippen LogP contribution in [0, 0.1) is 0 Å². The zero-order chi connectivity index (χ0) is 14.2. The molecular weight excluding hydrogens is 250 g/mol. The average Bonchev–Trinajstić information content (AvgIpc) is 2.37. The highest BCUT2D eigenvalue weighted by Crippen LogP contribution is 2.46. The molecule has 1 N–H and O–H groups in total. The summed E-state index contributed by atoms with van der Waals surface area (Å²) in [7, 11) is 0. The molecule has 0 radical (unpaired) electrons. The van der Waals surface area contributed by atoms with E-state index in [2.05, 4.69) is 50.4 Å². The number of hydrogen-bond donors (Lipinski definition) is 1. The fraction of sp³-hybridized carbons (Fsp3) is 0.647. The van der Waals surface area contributed by atoms with Crippen LogP contribution in [0.25, 0.3) is 0 Å². The first kappa shape index (κ1) is 13.9. The van der Waals surface area contributed by atoms with E-state index in [1.807, 2.05) is 0 Å². The van der Waals surface area contributed by atoms with Crippen LogP contribution in [-0.4, -0.2) is 24.4 Å². The minimum atomic E-state index is -0.0712. The zero-order valence-electron chi connectivity index (χ0n) is 12.7. The van der Waals surface area contributed by atoms with Gasteiger partial charge in [-0.25, -0.2) is 0 Å². The third kappa shape index (κ3) is 2.57. The lowest BCUT2D eigenvalue weighted by atomic mass is 9.78. The van der Waals surface area contributed by atoms with Crippen molar-refractivity contribution in [3.8, 4) is 5.75 Å². The molecule has 3 heteroatoms. The van der Waals surface area contributed by atoms with Crippen molar-refractivity contribution < 1.29 is 9.47 Å². The smallest absolute Gasteiger partial charge is 0.124 e. The molecule has 1 fully saturated rings. The fourth-order valence-corrected chi connectivity index (χ4v) is 3.92. The largest absolute Gasteiger partial charge is 0.487 e. The van der Waals surface area contributed by atoms with E-state index in [1.54, 1.807) is 0 Å². The molecule has 0 aromatic heterocycles. The van der Waals surface area contributed by atoms with E-state index in [4.69, 9.17) is 9.47 Å². The summed E-state index contributed by atoms with van der Waals surface area (Å²) in [5.41, 5.74) is 1.23. The first-order valence-corrected chi connectivity index (χ1v) is 7.79. The normalized spacial score (nSPS) is 36.5. The van der Waals surface area contributed by atoms with E-state index >= 15 is 0 Å². The molecule has 1 aromatic rings. The molecule has 0 bridgehead atoms. The monoisotopic (exact) mass is 275 g/mol. The molecule has 0 saturated carbocycles. The SMILES string of the molecule is CCNC1CC2(CC(C)OC(C)C2)Oc2ccccc21. The Bertz CT molecular complexity index is 464. The topological polar surface area (TPSA) is 30.5 Å². The van der Waals surface area contributed by atoms with Gasteiger partial charge in [0, 0.05) is 30.9 Å². The second-order valence-corrected chi connectivity index (χ2v) is 6.30. The molecule has 2 aliphatic heterocycles. The van der Waals surface area contributed by atoms with Crippen LogP contribution in [0.4, 0.5) is 0 Å². The summed E-state index contributed by atoms with van der Waals surface area (Å²) in [6.45, 7) is 7.46. The average molecular weight is 275 g/mol. The molecule has 0 amide bonds. The summed E-state index contributed by atoms with van der Waals surface area (Å²) in [6.07, 6.45) is 3.54. The number of nitrogens with one attached hydrogen (secondary N) is 1. The molecule has 3 nitrogen and oxygen atoms in total. The first-order chi connectivity index (χ1) is 9.62. The third-order valence-electron chi connectivity index (χ3n) is 4.43. The molecule has 1 saturated heterocycles.